The van der Waals surface area contributed by atoms with Gasteiger partial charge in [-0.1, -0.05) is 24.1 Å². The van der Waals surface area contributed by atoms with Gasteiger partial charge in [-0.05, 0) is 36.3 Å². The van der Waals surface area contributed by atoms with Gasteiger partial charge < -0.3 is 10.2 Å². The Bertz CT molecular complexity index is 1030. The molecule has 1 aromatic carbocycles. The molecule has 1 aliphatic heterocycles. The van der Waals surface area contributed by atoms with Crippen LogP contribution in [-0.4, -0.2) is 46.9 Å². The third-order valence-electron chi connectivity index (χ3n) is 4.44. The zero-order valence-corrected chi connectivity index (χ0v) is 15.3. The molecule has 0 unspecified atom stereocenters. The minimum atomic E-state index is -0.162. The molecule has 28 heavy (non-hydrogen) atoms. The van der Waals surface area contributed by atoms with Crippen molar-refractivity contribution in [3.8, 4) is 11.8 Å². The van der Waals surface area contributed by atoms with Crippen LogP contribution < -0.4 is 10.2 Å². The van der Waals surface area contributed by atoms with Crippen molar-refractivity contribution in [3.63, 3.8) is 0 Å². The van der Waals surface area contributed by atoms with Crippen LogP contribution in [0.1, 0.15) is 27.3 Å². The Kier molecular flexibility index (Phi) is 5.36. The fraction of sp³-hybridized carbons (Fsp3) is 0.182. The Labute approximate surface area is 163 Å². The van der Waals surface area contributed by atoms with Crippen molar-refractivity contribution >= 4 is 11.7 Å². The molecule has 0 atom stereocenters. The molecule has 0 bridgehead atoms. The van der Waals surface area contributed by atoms with Crippen molar-refractivity contribution in [2.45, 2.75) is 0 Å². The Morgan fingerprint density at radius 3 is 2.57 bits per heavy atom. The molecule has 6 nitrogen and oxygen atoms in total. The molecule has 1 fully saturated rings. The highest BCUT2D eigenvalue weighted by molar-refractivity contribution is 6.09. The van der Waals surface area contributed by atoms with E-state index in [4.69, 9.17) is 0 Å². The smallest absolute Gasteiger partial charge is 0.226 e. The van der Waals surface area contributed by atoms with Gasteiger partial charge in [-0.25, -0.2) is 15.0 Å². The lowest BCUT2D eigenvalue weighted by atomic mass is 10.0. The van der Waals surface area contributed by atoms with Gasteiger partial charge in [-0.15, -0.1) is 0 Å². The van der Waals surface area contributed by atoms with Gasteiger partial charge in [0.15, 0.2) is 0 Å². The van der Waals surface area contributed by atoms with Gasteiger partial charge in [0, 0.05) is 49.7 Å². The van der Waals surface area contributed by atoms with Crippen LogP contribution in [0.3, 0.4) is 0 Å². The predicted molar refractivity (Wildman–Crippen MR) is 107 cm³/mol. The van der Waals surface area contributed by atoms with E-state index in [2.05, 4.69) is 37.0 Å². The molecule has 1 saturated heterocycles. The standard InChI is InChI=1S/C22H19N5O/c28-21(20-10-12-25-22(26-20)27-15-13-23-14-16-27)19-7-2-1-5-17(19)8-9-18-6-3-4-11-24-18/h1-7,10-12,23H,13-16H2. The number of anilines is 1. The van der Waals surface area contributed by atoms with Gasteiger partial charge in [0.05, 0.1) is 0 Å². The maximum atomic E-state index is 13.1. The molecule has 1 aliphatic rings. The molecular formula is C22H19N5O. The minimum absolute atomic E-state index is 0.162. The minimum Gasteiger partial charge on any atom is -0.338 e. The number of piperazine rings is 1. The topological polar surface area (TPSA) is 71.0 Å². The largest absolute Gasteiger partial charge is 0.338 e. The van der Waals surface area contributed by atoms with E-state index < -0.39 is 0 Å². The molecule has 0 amide bonds. The number of ketones is 1. The van der Waals surface area contributed by atoms with Crippen molar-refractivity contribution in [2.75, 3.05) is 31.1 Å². The van der Waals surface area contributed by atoms with E-state index in [0.29, 0.717) is 28.5 Å². The van der Waals surface area contributed by atoms with Crippen LogP contribution in [0.4, 0.5) is 5.95 Å². The van der Waals surface area contributed by atoms with Gasteiger partial charge in [0.1, 0.15) is 11.4 Å². The van der Waals surface area contributed by atoms with Gasteiger partial charge in [0.25, 0.3) is 0 Å². The molecule has 0 spiro atoms. The summed E-state index contributed by atoms with van der Waals surface area (Å²) >= 11 is 0. The number of benzene rings is 1. The van der Waals surface area contributed by atoms with Crippen LogP contribution in [0.2, 0.25) is 0 Å². The maximum absolute atomic E-state index is 13.1. The van der Waals surface area contributed by atoms with Crippen LogP contribution in [0.15, 0.2) is 60.9 Å². The summed E-state index contributed by atoms with van der Waals surface area (Å²) in [7, 11) is 0. The highest BCUT2D eigenvalue weighted by Crippen LogP contribution is 2.15. The summed E-state index contributed by atoms with van der Waals surface area (Å²) in [6.07, 6.45) is 3.33. The van der Waals surface area contributed by atoms with E-state index in [9.17, 15) is 4.79 Å². The average Bonchev–Trinajstić information content (AvgIpc) is 2.79. The van der Waals surface area contributed by atoms with Crippen LogP contribution in [-0.2, 0) is 0 Å². The zero-order valence-electron chi connectivity index (χ0n) is 15.3. The summed E-state index contributed by atoms with van der Waals surface area (Å²) < 4.78 is 0. The summed E-state index contributed by atoms with van der Waals surface area (Å²) in [4.78, 5) is 28.2. The SMILES string of the molecule is O=C(c1ccnc(N2CCNCC2)n1)c1ccccc1C#Cc1ccccn1. The van der Waals surface area contributed by atoms with Crippen LogP contribution in [0.5, 0.6) is 0 Å². The summed E-state index contributed by atoms with van der Waals surface area (Å²) in [6.45, 7) is 3.41. The van der Waals surface area contributed by atoms with Crippen molar-refractivity contribution in [1.82, 2.24) is 20.3 Å². The molecule has 0 aliphatic carbocycles. The summed E-state index contributed by atoms with van der Waals surface area (Å²) in [6, 6.07) is 14.5. The Hall–Kier alpha value is -3.56. The first-order valence-electron chi connectivity index (χ1n) is 9.17. The normalized spacial score (nSPS) is 13.5. The first-order chi connectivity index (χ1) is 13.8. The number of aromatic nitrogens is 3. The molecule has 6 heteroatoms. The molecular weight excluding hydrogens is 350 g/mol. The lowest BCUT2D eigenvalue weighted by Gasteiger charge is -2.27. The maximum Gasteiger partial charge on any atom is 0.226 e. The molecule has 4 rings (SSSR count). The van der Waals surface area contributed by atoms with E-state index in [1.165, 1.54) is 0 Å². The molecule has 2 aromatic heterocycles. The van der Waals surface area contributed by atoms with Crippen molar-refractivity contribution in [3.05, 3.63) is 83.4 Å². The molecule has 0 saturated carbocycles. The molecule has 138 valence electrons. The van der Waals surface area contributed by atoms with Crippen molar-refractivity contribution < 1.29 is 4.79 Å². The fourth-order valence-electron chi connectivity index (χ4n) is 2.99. The van der Waals surface area contributed by atoms with Gasteiger partial charge in [0.2, 0.25) is 11.7 Å². The number of nitrogens with one attached hydrogen (secondary N) is 1. The van der Waals surface area contributed by atoms with Crippen molar-refractivity contribution in [1.29, 1.82) is 0 Å². The number of nitrogens with zero attached hydrogens (tertiary/aromatic N) is 4. The third kappa shape index (κ3) is 4.05. The fourth-order valence-corrected chi connectivity index (χ4v) is 2.99. The number of pyridine rings is 1. The Morgan fingerprint density at radius 1 is 0.929 bits per heavy atom. The highest BCUT2D eigenvalue weighted by Gasteiger charge is 2.18. The lowest BCUT2D eigenvalue weighted by Crippen LogP contribution is -2.44. The van der Waals surface area contributed by atoms with Crippen LogP contribution >= 0.6 is 0 Å². The first kappa shape index (κ1) is 17.8. The molecule has 1 N–H and O–H groups in total. The monoisotopic (exact) mass is 369 g/mol. The van der Waals surface area contributed by atoms with Gasteiger partial charge in [-0.2, -0.15) is 0 Å². The van der Waals surface area contributed by atoms with Crippen LogP contribution in [0.25, 0.3) is 0 Å². The summed E-state index contributed by atoms with van der Waals surface area (Å²) in [5.41, 5.74) is 2.21. The van der Waals surface area contributed by atoms with E-state index in [0.717, 1.165) is 26.2 Å². The summed E-state index contributed by atoms with van der Waals surface area (Å²) in [5.74, 6) is 6.50. The number of hydrogen-bond acceptors (Lipinski definition) is 6. The highest BCUT2D eigenvalue weighted by atomic mass is 16.1. The van der Waals surface area contributed by atoms with E-state index >= 15 is 0 Å². The second-order valence-electron chi connectivity index (χ2n) is 6.32. The number of hydrogen-bond donors (Lipinski definition) is 1. The molecule has 0 radical (unpaired) electrons. The number of carbonyl (C=O) groups is 1. The predicted octanol–water partition coefficient (Wildman–Crippen LogP) is 1.91. The number of rotatable bonds is 3. The molecule has 3 aromatic rings. The van der Waals surface area contributed by atoms with Gasteiger partial charge >= 0.3 is 0 Å². The number of carbonyl (C=O) groups excluding carboxylic acids is 1. The Morgan fingerprint density at radius 2 is 1.75 bits per heavy atom. The van der Waals surface area contributed by atoms with E-state index in [1.807, 2.05) is 36.4 Å². The first-order valence-corrected chi connectivity index (χ1v) is 9.17. The lowest BCUT2D eigenvalue weighted by molar-refractivity contribution is 0.103. The van der Waals surface area contributed by atoms with Crippen molar-refractivity contribution in [2.24, 2.45) is 0 Å². The second-order valence-corrected chi connectivity index (χ2v) is 6.32. The Balaban J connectivity index is 1.63. The zero-order chi connectivity index (χ0) is 19.2. The second kappa shape index (κ2) is 8.42. The van der Waals surface area contributed by atoms with E-state index in [-0.39, 0.29) is 5.78 Å². The van der Waals surface area contributed by atoms with Gasteiger partial charge in [-0.3, -0.25) is 4.79 Å². The average molecular weight is 369 g/mol. The van der Waals surface area contributed by atoms with Crippen LogP contribution in [0, 0.1) is 11.8 Å². The third-order valence-corrected chi connectivity index (χ3v) is 4.44. The molecule has 3 heterocycles. The van der Waals surface area contributed by atoms with E-state index in [1.54, 1.807) is 24.5 Å². The quantitative estimate of drug-likeness (QED) is 0.562. The summed E-state index contributed by atoms with van der Waals surface area (Å²) in [5, 5.41) is 3.30.